The molecule has 0 aliphatic carbocycles. The van der Waals surface area contributed by atoms with Gasteiger partial charge < -0.3 is 39.7 Å². The van der Waals surface area contributed by atoms with Gasteiger partial charge in [0.2, 0.25) is 6.29 Å². The molecule has 0 amide bonds. The largest absolute Gasteiger partial charge is 0.508 e. The second-order valence-corrected chi connectivity index (χ2v) is 7.44. The number of hydrogen-bond acceptors (Lipinski definition) is 9. The normalized spacial score (nSPS) is 31.0. The number of aliphatic hydroxyl groups excluding tert-OH is 3. The molecule has 9 nitrogen and oxygen atoms in total. The summed E-state index contributed by atoms with van der Waals surface area (Å²) in [6, 6.07) is 8.82. The first kappa shape index (κ1) is 20.4. The minimum Gasteiger partial charge on any atom is -0.508 e. The number of benzene rings is 2. The van der Waals surface area contributed by atoms with E-state index in [0.29, 0.717) is 5.56 Å². The number of aromatic hydroxyl groups is 2. The van der Waals surface area contributed by atoms with Crippen LogP contribution >= 0.6 is 0 Å². The minimum absolute atomic E-state index is 0.0115. The van der Waals surface area contributed by atoms with Crippen LogP contribution in [0, 0.1) is 0 Å². The molecule has 0 saturated carbocycles. The zero-order chi connectivity index (χ0) is 21.6. The highest BCUT2D eigenvalue weighted by atomic mass is 16.7. The Morgan fingerprint density at radius 3 is 2.40 bits per heavy atom. The monoisotopic (exact) mass is 418 g/mol. The minimum atomic E-state index is -1.53. The van der Waals surface area contributed by atoms with Gasteiger partial charge in [0.1, 0.15) is 53.0 Å². The van der Waals surface area contributed by atoms with Gasteiger partial charge in [0.15, 0.2) is 5.78 Å². The molecule has 1 saturated heterocycles. The Morgan fingerprint density at radius 1 is 1.00 bits per heavy atom. The van der Waals surface area contributed by atoms with E-state index in [9.17, 15) is 30.3 Å². The summed E-state index contributed by atoms with van der Waals surface area (Å²) in [5.74, 6) is -0.444. The summed E-state index contributed by atoms with van der Waals surface area (Å²) in [6.07, 6.45) is -6.97. The summed E-state index contributed by atoms with van der Waals surface area (Å²) in [5.41, 5.74) is 0.695. The Morgan fingerprint density at radius 2 is 1.70 bits per heavy atom. The molecule has 0 spiro atoms. The average molecular weight is 418 g/mol. The van der Waals surface area contributed by atoms with Crippen molar-refractivity contribution < 1.29 is 44.5 Å². The quantitative estimate of drug-likeness (QED) is 0.493. The molecule has 9 heteroatoms. The van der Waals surface area contributed by atoms with Crippen molar-refractivity contribution in [1.29, 1.82) is 0 Å². The van der Waals surface area contributed by atoms with Crippen molar-refractivity contribution in [2.45, 2.75) is 50.2 Å². The summed E-state index contributed by atoms with van der Waals surface area (Å²) >= 11 is 0. The number of fused-ring (bicyclic) bond motifs is 1. The van der Waals surface area contributed by atoms with E-state index in [0.717, 1.165) is 0 Å². The Labute approximate surface area is 171 Å². The van der Waals surface area contributed by atoms with Crippen molar-refractivity contribution in [2.75, 3.05) is 0 Å². The molecular formula is C21H22O9. The van der Waals surface area contributed by atoms with Crippen LogP contribution in [0.25, 0.3) is 0 Å². The van der Waals surface area contributed by atoms with Gasteiger partial charge in [-0.05, 0) is 24.6 Å². The van der Waals surface area contributed by atoms with Crippen molar-refractivity contribution in [3.8, 4) is 23.0 Å². The summed E-state index contributed by atoms with van der Waals surface area (Å²) in [5, 5.41) is 49.6. The smallest absolute Gasteiger partial charge is 0.229 e. The lowest BCUT2D eigenvalue weighted by molar-refractivity contribution is -0.268. The molecule has 2 aliphatic rings. The van der Waals surface area contributed by atoms with Crippen molar-refractivity contribution in [2.24, 2.45) is 0 Å². The van der Waals surface area contributed by atoms with E-state index < -0.39 is 36.8 Å². The summed E-state index contributed by atoms with van der Waals surface area (Å²) < 4.78 is 16.9. The number of ketones is 1. The number of carbonyl (C=O) groups excluding carboxylic acids is 1. The van der Waals surface area contributed by atoms with Crippen LogP contribution in [-0.2, 0) is 4.74 Å². The number of rotatable bonds is 3. The number of hydrogen-bond donors (Lipinski definition) is 5. The predicted molar refractivity (Wildman–Crippen MR) is 102 cm³/mol. The topological polar surface area (TPSA) is 146 Å². The fourth-order valence-corrected chi connectivity index (χ4v) is 3.60. The molecule has 2 heterocycles. The van der Waals surface area contributed by atoms with Gasteiger partial charge >= 0.3 is 0 Å². The van der Waals surface area contributed by atoms with Crippen LogP contribution in [0.15, 0.2) is 36.4 Å². The molecule has 0 aromatic heterocycles. The lowest BCUT2D eigenvalue weighted by Gasteiger charge is -2.39. The molecule has 2 aromatic rings. The maximum absolute atomic E-state index is 12.6. The molecule has 5 N–H and O–H groups in total. The van der Waals surface area contributed by atoms with Crippen LogP contribution in [0.4, 0.5) is 0 Å². The highest BCUT2D eigenvalue weighted by molar-refractivity contribution is 6.02. The van der Waals surface area contributed by atoms with Gasteiger partial charge in [-0.25, -0.2) is 0 Å². The zero-order valence-electron chi connectivity index (χ0n) is 16.0. The first-order chi connectivity index (χ1) is 14.2. The van der Waals surface area contributed by atoms with Crippen LogP contribution < -0.4 is 9.47 Å². The Balaban J connectivity index is 1.59. The van der Waals surface area contributed by atoms with Crippen LogP contribution in [0.5, 0.6) is 23.0 Å². The fraction of sp³-hybridized carbons (Fsp3) is 0.381. The number of phenolic OH excluding ortho intramolecular Hbond substituents is 2. The third kappa shape index (κ3) is 3.68. The number of ether oxygens (including phenoxy) is 3. The fourth-order valence-electron chi connectivity index (χ4n) is 3.60. The highest BCUT2D eigenvalue weighted by Crippen LogP contribution is 2.42. The average Bonchev–Trinajstić information content (AvgIpc) is 2.70. The third-order valence-corrected chi connectivity index (χ3v) is 5.30. The van der Waals surface area contributed by atoms with Gasteiger partial charge in [-0.1, -0.05) is 12.1 Å². The number of aliphatic hydroxyl groups is 3. The van der Waals surface area contributed by atoms with E-state index in [4.69, 9.17) is 14.2 Å². The van der Waals surface area contributed by atoms with Gasteiger partial charge in [-0.2, -0.15) is 0 Å². The Kier molecular flexibility index (Phi) is 5.29. The molecule has 4 rings (SSSR count). The van der Waals surface area contributed by atoms with Crippen LogP contribution in [0.1, 0.15) is 35.4 Å². The number of Topliss-reactive ketones (excluding diaryl/α,β-unsaturated/α-hetero) is 1. The Bertz CT molecular complexity index is 942. The van der Waals surface area contributed by atoms with Gasteiger partial charge in [-0.3, -0.25) is 4.79 Å². The second-order valence-electron chi connectivity index (χ2n) is 7.44. The molecule has 30 heavy (non-hydrogen) atoms. The van der Waals surface area contributed by atoms with Gasteiger partial charge in [0.05, 0.1) is 12.5 Å². The molecule has 0 bridgehead atoms. The summed E-state index contributed by atoms with van der Waals surface area (Å²) in [4.78, 5) is 12.6. The van der Waals surface area contributed by atoms with Crippen molar-refractivity contribution in [3.05, 3.63) is 47.5 Å². The molecule has 160 valence electrons. The van der Waals surface area contributed by atoms with Crippen LogP contribution in [0.3, 0.4) is 0 Å². The van der Waals surface area contributed by atoms with E-state index in [2.05, 4.69) is 0 Å². The van der Waals surface area contributed by atoms with E-state index in [1.807, 2.05) is 0 Å². The summed E-state index contributed by atoms with van der Waals surface area (Å²) in [6.45, 7) is 1.52. The third-order valence-electron chi connectivity index (χ3n) is 5.30. The molecule has 2 aromatic carbocycles. The van der Waals surface area contributed by atoms with Crippen LogP contribution in [-0.4, -0.2) is 62.0 Å². The molecular weight excluding hydrogens is 396 g/mol. The van der Waals surface area contributed by atoms with E-state index in [-0.39, 0.29) is 40.8 Å². The molecule has 6 atom stereocenters. The lowest BCUT2D eigenvalue weighted by atomic mass is 9.95. The number of carbonyl (C=O) groups is 1. The van der Waals surface area contributed by atoms with Gasteiger partial charge in [0.25, 0.3) is 0 Å². The highest BCUT2D eigenvalue weighted by Gasteiger charge is 2.43. The molecule has 1 fully saturated rings. The molecule has 0 unspecified atom stereocenters. The molecule has 2 aliphatic heterocycles. The summed E-state index contributed by atoms with van der Waals surface area (Å²) in [7, 11) is 0. The Hall–Kier alpha value is -2.85. The molecule has 0 radical (unpaired) electrons. The van der Waals surface area contributed by atoms with Crippen molar-refractivity contribution in [1.82, 2.24) is 0 Å². The maximum Gasteiger partial charge on any atom is 0.229 e. The predicted octanol–water partition coefficient (Wildman–Crippen LogP) is 1.01. The van der Waals surface area contributed by atoms with Gasteiger partial charge in [0, 0.05) is 12.1 Å². The SMILES string of the molecule is C[C@@H]1O[C@H](Oc2cc(O)c3c(c2)O[C@H](c2ccc(O)cc2)CC3=O)[C@H](O)[C@H](O)[C@H]1O. The first-order valence-corrected chi connectivity index (χ1v) is 9.46. The standard InChI is InChI=1S/C21H22O9/c1-9-18(25)19(26)20(27)21(28-9)29-12-6-13(23)17-14(24)8-15(30-16(17)7-12)10-2-4-11(22)5-3-10/h2-7,9,15,18-23,25-27H,8H2,1H3/t9-,15-,18-,19+,20+,21+/m0/s1. The van der Waals surface area contributed by atoms with E-state index >= 15 is 0 Å². The number of phenols is 2. The maximum atomic E-state index is 12.6. The van der Waals surface area contributed by atoms with Gasteiger partial charge in [-0.15, -0.1) is 0 Å². The van der Waals surface area contributed by atoms with Crippen LogP contribution in [0.2, 0.25) is 0 Å². The van der Waals surface area contributed by atoms with E-state index in [1.54, 1.807) is 12.1 Å². The van der Waals surface area contributed by atoms with Crippen molar-refractivity contribution in [3.63, 3.8) is 0 Å². The van der Waals surface area contributed by atoms with Crippen molar-refractivity contribution >= 4 is 5.78 Å². The second kappa shape index (κ2) is 7.77. The lowest BCUT2D eigenvalue weighted by Crippen LogP contribution is -2.58. The first-order valence-electron chi connectivity index (χ1n) is 9.46. The van der Waals surface area contributed by atoms with E-state index in [1.165, 1.54) is 31.2 Å². The zero-order valence-corrected chi connectivity index (χ0v) is 16.0.